The number of nitrogens with one attached hydrogen (secondary N) is 1. The van der Waals surface area contributed by atoms with Gasteiger partial charge in [0.25, 0.3) is 5.56 Å². The van der Waals surface area contributed by atoms with Gasteiger partial charge in [0.1, 0.15) is 0 Å². The molecule has 2 N–H and O–H groups in total. The summed E-state index contributed by atoms with van der Waals surface area (Å²) < 4.78 is 0. The van der Waals surface area contributed by atoms with Crippen LogP contribution in [-0.4, -0.2) is 21.7 Å². The summed E-state index contributed by atoms with van der Waals surface area (Å²) in [7, 11) is 0. The topological polar surface area (TPSA) is 66.0 Å². The van der Waals surface area contributed by atoms with Crippen LogP contribution < -0.4 is 5.56 Å². The van der Waals surface area contributed by atoms with Crippen LogP contribution in [0.15, 0.2) is 17.3 Å². The molecule has 10 heavy (non-hydrogen) atoms. The fraction of sp³-hybridized carbons (Fsp3) is 0.333. The quantitative estimate of drug-likeness (QED) is 0.571. The van der Waals surface area contributed by atoms with E-state index >= 15 is 0 Å². The molecule has 0 saturated heterocycles. The maximum absolute atomic E-state index is 10.8. The second-order valence-corrected chi connectivity index (χ2v) is 1.88. The Morgan fingerprint density at radius 2 is 2.50 bits per heavy atom. The number of aromatic amines is 1. The molecule has 1 rings (SSSR count). The fourth-order valence-corrected chi connectivity index (χ4v) is 0.673. The standard InChI is InChI=1S/C6H8N2O2/c9-2-1-5-3-7-4-8-6(5)10/h3-4,9H,1-2H2,(H,7,8,10). The lowest BCUT2D eigenvalue weighted by molar-refractivity contribution is 0.299. The van der Waals surface area contributed by atoms with Gasteiger partial charge >= 0.3 is 0 Å². The summed E-state index contributed by atoms with van der Waals surface area (Å²) in [5, 5.41) is 8.46. The van der Waals surface area contributed by atoms with Crippen LogP contribution in [0, 0.1) is 0 Å². The Kier molecular flexibility index (Phi) is 2.17. The normalized spacial score (nSPS) is 9.70. The van der Waals surface area contributed by atoms with Crippen molar-refractivity contribution in [2.75, 3.05) is 6.61 Å². The average molecular weight is 140 g/mol. The number of nitrogens with zero attached hydrogens (tertiary/aromatic N) is 1. The molecule has 0 aliphatic carbocycles. The third-order valence-corrected chi connectivity index (χ3v) is 1.17. The Bertz CT molecular complexity index is 256. The van der Waals surface area contributed by atoms with Gasteiger partial charge in [-0.05, 0) is 0 Å². The van der Waals surface area contributed by atoms with Crippen molar-refractivity contribution in [2.24, 2.45) is 0 Å². The molecule has 1 aromatic heterocycles. The van der Waals surface area contributed by atoms with E-state index in [1.54, 1.807) is 0 Å². The fourth-order valence-electron chi connectivity index (χ4n) is 0.673. The zero-order chi connectivity index (χ0) is 7.40. The van der Waals surface area contributed by atoms with Crippen molar-refractivity contribution in [3.8, 4) is 0 Å². The molecule has 0 aromatic carbocycles. The molecule has 0 amide bonds. The molecule has 1 aromatic rings. The summed E-state index contributed by atoms with van der Waals surface area (Å²) in [5.74, 6) is 0. The first kappa shape index (κ1) is 6.95. The number of rotatable bonds is 2. The van der Waals surface area contributed by atoms with Crippen LogP contribution in [0.1, 0.15) is 5.56 Å². The molecular formula is C6H8N2O2. The Hall–Kier alpha value is -1.16. The second kappa shape index (κ2) is 3.12. The van der Waals surface area contributed by atoms with E-state index < -0.39 is 0 Å². The van der Waals surface area contributed by atoms with Gasteiger partial charge in [-0.25, -0.2) is 4.98 Å². The molecule has 0 bridgehead atoms. The van der Waals surface area contributed by atoms with Crippen LogP contribution in [0.3, 0.4) is 0 Å². The highest BCUT2D eigenvalue weighted by atomic mass is 16.3. The molecule has 0 aliphatic heterocycles. The van der Waals surface area contributed by atoms with Gasteiger partial charge in [0.2, 0.25) is 0 Å². The molecule has 0 aliphatic rings. The minimum Gasteiger partial charge on any atom is -0.396 e. The van der Waals surface area contributed by atoms with Gasteiger partial charge in [0, 0.05) is 24.8 Å². The molecular weight excluding hydrogens is 132 g/mol. The summed E-state index contributed by atoms with van der Waals surface area (Å²) in [4.78, 5) is 16.9. The lowest BCUT2D eigenvalue weighted by Gasteiger charge is -1.92. The van der Waals surface area contributed by atoms with Crippen molar-refractivity contribution in [1.82, 2.24) is 9.97 Å². The van der Waals surface area contributed by atoms with Crippen molar-refractivity contribution < 1.29 is 5.11 Å². The minimum absolute atomic E-state index is 0.0191. The Labute approximate surface area is 57.6 Å². The van der Waals surface area contributed by atoms with Gasteiger partial charge in [-0.1, -0.05) is 0 Å². The lowest BCUT2D eigenvalue weighted by atomic mass is 10.2. The molecule has 0 atom stereocenters. The lowest BCUT2D eigenvalue weighted by Crippen LogP contribution is -2.13. The highest BCUT2D eigenvalue weighted by Gasteiger charge is 1.95. The van der Waals surface area contributed by atoms with Crippen molar-refractivity contribution in [3.63, 3.8) is 0 Å². The highest BCUT2D eigenvalue weighted by molar-refractivity contribution is 5.02. The van der Waals surface area contributed by atoms with Crippen molar-refractivity contribution >= 4 is 0 Å². The van der Waals surface area contributed by atoms with Gasteiger partial charge in [0.05, 0.1) is 6.33 Å². The Morgan fingerprint density at radius 3 is 3.10 bits per heavy atom. The average Bonchev–Trinajstić information content (AvgIpc) is 1.94. The van der Waals surface area contributed by atoms with E-state index in [-0.39, 0.29) is 12.2 Å². The smallest absolute Gasteiger partial charge is 0.253 e. The third-order valence-electron chi connectivity index (χ3n) is 1.17. The van der Waals surface area contributed by atoms with Crippen molar-refractivity contribution in [2.45, 2.75) is 6.42 Å². The van der Waals surface area contributed by atoms with Crippen LogP contribution in [0.25, 0.3) is 0 Å². The van der Waals surface area contributed by atoms with E-state index in [1.807, 2.05) is 0 Å². The van der Waals surface area contributed by atoms with E-state index in [4.69, 9.17) is 5.11 Å². The predicted molar refractivity (Wildman–Crippen MR) is 35.6 cm³/mol. The third kappa shape index (κ3) is 1.41. The summed E-state index contributed by atoms with van der Waals surface area (Å²) in [6.45, 7) is -0.0191. The van der Waals surface area contributed by atoms with Crippen LogP contribution in [-0.2, 0) is 6.42 Å². The molecule has 4 nitrogen and oxygen atoms in total. The van der Waals surface area contributed by atoms with Gasteiger partial charge < -0.3 is 10.1 Å². The number of aliphatic hydroxyl groups is 1. The summed E-state index contributed by atoms with van der Waals surface area (Å²) in [6.07, 6.45) is 3.14. The summed E-state index contributed by atoms with van der Waals surface area (Å²) in [5.41, 5.74) is 0.342. The molecule has 1 heterocycles. The molecule has 0 unspecified atom stereocenters. The van der Waals surface area contributed by atoms with E-state index in [0.29, 0.717) is 12.0 Å². The maximum Gasteiger partial charge on any atom is 0.253 e. The first-order valence-corrected chi connectivity index (χ1v) is 2.97. The minimum atomic E-state index is -0.177. The number of aromatic nitrogens is 2. The largest absolute Gasteiger partial charge is 0.396 e. The highest BCUT2D eigenvalue weighted by Crippen LogP contribution is 1.85. The molecule has 0 radical (unpaired) electrons. The van der Waals surface area contributed by atoms with Crippen LogP contribution in [0.5, 0.6) is 0 Å². The van der Waals surface area contributed by atoms with Gasteiger partial charge in [0.15, 0.2) is 0 Å². The number of H-pyrrole nitrogens is 1. The zero-order valence-corrected chi connectivity index (χ0v) is 5.37. The number of aliphatic hydroxyl groups excluding tert-OH is 1. The van der Waals surface area contributed by atoms with E-state index in [2.05, 4.69) is 9.97 Å². The first-order chi connectivity index (χ1) is 4.84. The van der Waals surface area contributed by atoms with Crippen LogP contribution >= 0.6 is 0 Å². The van der Waals surface area contributed by atoms with Gasteiger partial charge in [-0.3, -0.25) is 4.79 Å². The second-order valence-electron chi connectivity index (χ2n) is 1.88. The number of hydrogen-bond acceptors (Lipinski definition) is 3. The SMILES string of the molecule is O=c1[nH]cncc1CCO. The van der Waals surface area contributed by atoms with E-state index in [0.717, 1.165) is 0 Å². The molecule has 4 heteroatoms. The maximum atomic E-state index is 10.8. The van der Waals surface area contributed by atoms with Crippen LogP contribution in [0.2, 0.25) is 0 Å². The monoisotopic (exact) mass is 140 g/mol. The van der Waals surface area contributed by atoms with Crippen molar-refractivity contribution in [1.29, 1.82) is 0 Å². The molecule has 0 saturated carbocycles. The van der Waals surface area contributed by atoms with E-state index in [9.17, 15) is 4.79 Å². The van der Waals surface area contributed by atoms with Crippen molar-refractivity contribution in [3.05, 3.63) is 28.4 Å². The zero-order valence-electron chi connectivity index (χ0n) is 5.37. The molecule has 0 fully saturated rings. The Balaban J connectivity index is 2.92. The predicted octanol–water partition coefficient (Wildman–Crippen LogP) is -0.695. The van der Waals surface area contributed by atoms with Gasteiger partial charge in [-0.2, -0.15) is 0 Å². The summed E-state index contributed by atoms with van der Waals surface area (Å²) in [6, 6.07) is 0. The number of hydrogen-bond donors (Lipinski definition) is 2. The first-order valence-electron chi connectivity index (χ1n) is 2.97. The molecule has 54 valence electrons. The Morgan fingerprint density at radius 1 is 1.70 bits per heavy atom. The van der Waals surface area contributed by atoms with Crippen LogP contribution in [0.4, 0.5) is 0 Å². The van der Waals surface area contributed by atoms with Gasteiger partial charge in [-0.15, -0.1) is 0 Å². The molecule has 0 spiro atoms. The summed E-state index contributed by atoms with van der Waals surface area (Å²) >= 11 is 0. The van der Waals surface area contributed by atoms with E-state index in [1.165, 1.54) is 12.5 Å².